The molecular weight excluding hydrogens is 212 g/mol. The average molecular weight is 230 g/mol. The third-order valence-corrected chi connectivity index (χ3v) is 2.63. The van der Waals surface area contributed by atoms with Crippen LogP contribution in [0.1, 0.15) is 18.4 Å². The molecule has 17 heavy (non-hydrogen) atoms. The van der Waals surface area contributed by atoms with Crippen LogP contribution in [-0.4, -0.2) is 16.2 Å². The first kappa shape index (κ1) is 11.7. The molecule has 0 N–H and O–H groups in total. The summed E-state index contributed by atoms with van der Waals surface area (Å²) < 4.78 is 7.77. The van der Waals surface area contributed by atoms with Gasteiger partial charge in [0.1, 0.15) is 5.75 Å². The summed E-state index contributed by atoms with van der Waals surface area (Å²) in [6.45, 7) is 3.86. The fourth-order valence-corrected chi connectivity index (χ4v) is 1.71. The Hall–Kier alpha value is -1.77. The van der Waals surface area contributed by atoms with Gasteiger partial charge in [-0.15, -0.1) is 0 Å². The first-order valence-electron chi connectivity index (χ1n) is 6.00. The predicted octanol–water partition coefficient (Wildman–Crippen LogP) is 3.05. The minimum atomic E-state index is 0.776. The number of benzene rings is 1. The molecule has 0 saturated carbocycles. The van der Waals surface area contributed by atoms with Crippen molar-refractivity contribution in [3.8, 4) is 5.75 Å². The molecular formula is C14H18N2O. The number of imidazole rings is 1. The largest absolute Gasteiger partial charge is 0.494 e. The molecule has 0 fully saturated rings. The fraction of sp³-hybridized carbons (Fsp3) is 0.357. The summed E-state index contributed by atoms with van der Waals surface area (Å²) in [6.07, 6.45) is 7.82. The van der Waals surface area contributed by atoms with Crippen molar-refractivity contribution in [2.75, 3.05) is 6.61 Å². The second-order valence-electron chi connectivity index (χ2n) is 4.17. The standard InChI is InChI=1S/C14H18N2O/c1-13-5-4-6-14(11-13)17-10-3-2-8-16-9-7-15-12-16/h4-7,9,11-12H,2-3,8,10H2,1H3. The molecule has 0 radical (unpaired) electrons. The molecule has 1 heterocycles. The van der Waals surface area contributed by atoms with Crippen LogP contribution in [0.2, 0.25) is 0 Å². The molecule has 0 spiro atoms. The molecule has 0 atom stereocenters. The molecule has 0 aliphatic rings. The number of ether oxygens (including phenoxy) is 1. The van der Waals surface area contributed by atoms with Crippen LogP contribution in [0.5, 0.6) is 5.75 Å². The van der Waals surface area contributed by atoms with Crippen molar-refractivity contribution >= 4 is 0 Å². The molecule has 0 bridgehead atoms. The van der Waals surface area contributed by atoms with Gasteiger partial charge in [-0.1, -0.05) is 12.1 Å². The maximum atomic E-state index is 5.68. The maximum Gasteiger partial charge on any atom is 0.119 e. The topological polar surface area (TPSA) is 27.1 Å². The van der Waals surface area contributed by atoms with E-state index in [2.05, 4.69) is 28.6 Å². The first-order chi connectivity index (χ1) is 8.34. The van der Waals surface area contributed by atoms with Gasteiger partial charge in [0.15, 0.2) is 0 Å². The molecule has 1 aromatic heterocycles. The van der Waals surface area contributed by atoms with E-state index >= 15 is 0 Å². The highest BCUT2D eigenvalue weighted by Crippen LogP contribution is 2.12. The minimum Gasteiger partial charge on any atom is -0.494 e. The van der Waals surface area contributed by atoms with Gasteiger partial charge in [-0.25, -0.2) is 4.98 Å². The van der Waals surface area contributed by atoms with E-state index in [-0.39, 0.29) is 0 Å². The van der Waals surface area contributed by atoms with Gasteiger partial charge in [-0.05, 0) is 37.5 Å². The molecule has 1 aromatic carbocycles. The minimum absolute atomic E-state index is 0.776. The van der Waals surface area contributed by atoms with E-state index in [0.717, 1.165) is 31.7 Å². The van der Waals surface area contributed by atoms with Gasteiger partial charge in [0, 0.05) is 18.9 Å². The van der Waals surface area contributed by atoms with Crippen LogP contribution in [0, 0.1) is 6.92 Å². The van der Waals surface area contributed by atoms with E-state index < -0.39 is 0 Å². The summed E-state index contributed by atoms with van der Waals surface area (Å²) in [6, 6.07) is 8.17. The second-order valence-corrected chi connectivity index (χ2v) is 4.17. The number of rotatable bonds is 6. The van der Waals surface area contributed by atoms with Crippen LogP contribution in [0.3, 0.4) is 0 Å². The Morgan fingerprint density at radius 3 is 3.00 bits per heavy atom. The highest BCUT2D eigenvalue weighted by molar-refractivity contribution is 5.27. The lowest BCUT2D eigenvalue weighted by atomic mass is 10.2. The van der Waals surface area contributed by atoms with Crippen molar-refractivity contribution in [1.82, 2.24) is 9.55 Å². The van der Waals surface area contributed by atoms with E-state index in [1.165, 1.54) is 5.56 Å². The van der Waals surface area contributed by atoms with Crippen molar-refractivity contribution in [2.45, 2.75) is 26.3 Å². The molecule has 3 heteroatoms. The van der Waals surface area contributed by atoms with E-state index in [1.807, 2.05) is 30.9 Å². The lowest BCUT2D eigenvalue weighted by Gasteiger charge is -2.07. The number of unbranched alkanes of at least 4 members (excludes halogenated alkanes) is 1. The third kappa shape index (κ3) is 3.94. The predicted molar refractivity (Wildman–Crippen MR) is 68.1 cm³/mol. The monoisotopic (exact) mass is 230 g/mol. The van der Waals surface area contributed by atoms with Crippen LogP contribution < -0.4 is 4.74 Å². The van der Waals surface area contributed by atoms with Crippen LogP contribution >= 0.6 is 0 Å². The first-order valence-corrected chi connectivity index (χ1v) is 6.00. The molecule has 2 rings (SSSR count). The normalized spacial score (nSPS) is 10.4. The number of hydrogen-bond acceptors (Lipinski definition) is 2. The van der Waals surface area contributed by atoms with Gasteiger partial charge in [-0.3, -0.25) is 0 Å². The van der Waals surface area contributed by atoms with Crippen LogP contribution in [-0.2, 0) is 6.54 Å². The van der Waals surface area contributed by atoms with Gasteiger partial charge in [-0.2, -0.15) is 0 Å². The van der Waals surface area contributed by atoms with Crippen molar-refractivity contribution < 1.29 is 4.74 Å². The SMILES string of the molecule is Cc1cccc(OCCCCn2ccnc2)c1. The molecule has 0 saturated heterocycles. The average Bonchev–Trinajstić information content (AvgIpc) is 2.82. The van der Waals surface area contributed by atoms with Crippen molar-refractivity contribution in [1.29, 1.82) is 0 Å². The molecule has 0 unspecified atom stereocenters. The lowest BCUT2D eigenvalue weighted by Crippen LogP contribution is -2.01. The van der Waals surface area contributed by atoms with E-state index in [4.69, 9.17) is 4.74 Å². The molecule has 0 amide bonds. The Bertz CT molecular complexity index is 437. The summed E-state index contributed by atoms with van der Waals surface area (Å²) in [7, 11) is 0. The van der Waals surface area contributed by atoms with Crippen LogP contribution in [0.15, 0.2) is 43.0 Å². The summed E-state index contributed by atoms with van der Waals surface area (Å²) in [5, 5.41) is 0. The lowest BCUT2D eigenvalue weighted by molar-refractivity contribution is 0.303. The summed E-state index contributed by atoms with van der Waals surface area (Å²) in [5.41, 5.74) is 1.24. The Morgan fingerprint density at radius 2 is 2.24 bits per heavy atom. The summed E-state index contributed by atoms with van der Waals surface area (Å²) in [4.78, 5) is 4.01. The Morgan fingerprint density at radius 1 is 1.29 bits per heavy atom. The number of hydrogen-bond donors (Lipinski definition) is 0. The fourth-order valence-electron chi connectivity index (χ4n) is 1.71. The Kier molecular flexibility index (Phi) is 4.19. The van der Waals surface area contributed by atoms with E-state index in [0.29, 0.717) is 0 Å². The zero-order chi connectivity index (χ0) is 11.9. The van der Waals surface area contributed by atoms with E-state index in [1.54, 1.807) is 0 Å². The number of aromatic nitrogens is 2. The molecule has 3 nitrogen and oxygen atoms in total. The number of nitrogens with zero attached hydrogens (tertiary/aromatic N) is 2. The summed E-state index contributed by atoms with van der Waals surface area (Å²) in [5.74, 6) is 0.965. The molecule has 0 aliphatic carbocycles. The van der Waals surface area contributed by atoms with Crippen LogP contribution in [0.4, 0.5) is 0 Å². The number of aryl methyl sites for hydroxylation is 2. The Balaban J connectivity index is 1.63. The van der Waals surface area contributed by atoms with Gasteiger partial charge >= 0.3 is 0 Å². The van der Waals surface area contributed by atoms with Crippen molar-refractivity contribution in [3.63, 3.8) is 0 Å². The zero-order valence-electron chi connectivity index (χ0n) is 10.2. The second kappa shape index (κ2) is 6.09. The summed E-state index contributed by atoms with van der Waals surface area (Å²) >= 11 is 0. The van der Waals surface area contributed by atoms with Gasteiger partial charge in [0.2, 0.25) is 0 Å². The molecule has 2 aromatic rings. The Labute approximate surface area is 102 Å². The molecule has 0 aliphatic heterocycles. The smallest absolute Gasteiger partial charge is 0.119 e. The third-order valence-electron chi connectivity index (χ3n) is 2.63. The highest BCUT2D eigenvalue weighted by Gasteiger charge is 1.95. The van der Waals surface area contributed by atoms with Crippen molar-refractivity contribution in [2.24, 2.45) is 0 Å². The van der Waals surface area contributed by atoms with Gasteiger partial charge < -0.3 is 9.30 Å². The van der Waals surface area contributed by atoms with Gasteiger partial charge in [0.05, 0.1) is 12.9 Å². The quantitative estimate of drug-likeness (QED) is 0.713. The van der Waals surface area contributed by atoms with E-state index in [9.17, 15) is 0 Å². The molecule has 90 valence electrons. The zero-order valence-corrected chi connectivity index (χ0v) is 10.2. The maximum absolute atomic E-state index is 5.68. The van der Waals surface area contributed by atoms with Crippen molar-refractivity contribution in [3.05, 3.63) is 48.5 Å². The van der Waals surface area contributed by atoms with Crippen LogP contribution in [0.25, 0.3) is 0 Å². The van der Waals surface area contributed by atoms with Gasteiger partial charge in [0.25, 0.3) is 0 Å². The highest BCUT2D eigenvalue weighted by atomic mass is 16.5.